The minimum atomic E-state index is -0.315. The quantitative estimate of drug-likeness (QED) is 0.579. The van der Waals surface area contributed by atoms with E-state index in [1.807, 2.05) is 32.0 Å². The third-order valence-electron chi connectivity index (χ3n) is 4.41. The summed E-state index contributed by atoms with van der Waals surface area (Å²) in [5.74, 6) is 0.0807. The predicted octanol–water partition coefficient (Wildman–Crippen LogP) is 4.36. The van der Waals surface area contributed by atoms with Crippen molar-refractivity contribution >= 4 is 39.9 Å². The van der Waals surface area contributed by atoms with Crippen LogP contribution in [0.15, 0.2) is 58.6 Å². The number of aliphatic imine (C=N–C) groups is 1. The van der Waals surface area contributed by atoms with Gasteiger partial charge in [-0.15, -0.1) is 0 Å². The van der Waals surface area contributed by atoms with Crippen LogP contribution >= 0.6 is 11.8 Å². The van der Waals surface area contributed by atoms with E-state index in [0.717, 1.165) is 11.1 Å². The summed E-state index contributed by atoms with van der Waals surface area (Å²) >= 11 is 1.26. The summed E-state index contributed by atoms with van der Waals surface area (Å²) in [6, 6.07) is 11.9. The smallest absolute Gasteiger partial charge is 0.286 e. The van der Waals surface area contributed by atoms with Crippen molar-refractivity contribution in [1.29, 1.82) is 0 Å². The summed E-state index contributed by atoms with van der Waals surface area (Å²) in [4.78, 5) is 25.8. The number of carbonyl (C=O) groups is 1. The number of fused-ring (bicyclic) bond motifs is 1. The van der Waals surface area contributed by atoms with E-state index in [2.05, 4.69) is 20.3 Å². The number of amidine groups is 1. The molecule has 0 saturated carbocycles. The van der Waals surface area contributed by atoms with E-state index in [4.69, 9.17) is 4.74 Å². The third-order valence-corrected chi connectivity index (χ3v) is 5.35. The van der Waals surface area contributed by atoms with Gasteiger partial charge in [-0.2, -0.15) is 4.99 Å². The number of aromatic nitrogens is 2. The van der Waals surface area contributed by atoms with Crippen molar-refractivity contribution < 1.29 is 13.9 Å². The van der Waals surface area contributed by atoms with Crippen molar-refractivity contribution in [3.05, 3.63) is 70.6 Å². The molecule has 0 aliphatic carbocycles. The van der Waals surface area contributed by atoms with Gasteiger partial charge in [0.05, 0.1) is 22.2 Å². The molecule has 4 rings (SSSR count). The monoisotopic (exact) mass is 436 g/mol. The molecule has 2 aromatic heterocycles. The Morgan fingerprint density at radius 1 is 1.23 bits per heavy atom. The van der Waals surface area contributed by atoms with E-state index >= 15 is 0 Å². The molecule has 1 N–H and O–H groups in total. The number of hydrogen-bond acceptors (Lipinski definition) is 6. The molecule has 8 heteroatoms. The molecule has 0 unspecified atom stereocenters. The van der Waals surface area contributed by atoms with Gasteiger partial charge in [0.15, 0.2) is 5.17 Å². The van der Waals surface area contributed by atoms with Gasteiger partial charge >= 0.3 is 0 Å². The zero-order valence-corrected chi connectivity index (χ0v) is 17.9. The van der Waals surface area contributed by atoms with Gasteiger partial charge in [0, 0.05) is 18.8 Å². The van der Waals surface area contributed by atoms with Gasteiger partial charge in [-0.3, -0.25) is 9.78 Å². The van der Waals surface area contributed by atoms with E-state index in [1.54, 1.807) is 24.4 Å². The Balaban J connectivity index is 1.44. The van der Waals surface area contributed by atoms with Crippen LogP contribution in [0.1, 0.15) is 25.1 Å². The number of thioether (sulfide) groups is 1. The second kappa shape index (κ2) is 9.26. The molecule has 1 aromatic carbocycles. The molecule has 1 amide bonds. The average molecular weight is 437 g/mol. The molecule has 6 nitrogen and oxygen atoms in total. The Bertz CT molecular complexity index is 1190. The number of benzene rings is 1. The van der Waals surface area contributed by atoms with Crippen LogP contribution < -0.4 is 10.1 Å². The highest BCUT2D eigenvalue weighted by molar-refractivity contribution is 8.18. The minimum Gasteiger partial charge on any atom is -0.489 e. The molecule has 0 fully saturated rings. The van der Waals surface area contributed by atoms with Crippen molar-refractivity contribution in [2.24, 2.45) is 4.99 Å². The number of amides is 1. The van der Waals surface area contributed by atoms with Gasteiger partial charge in [0.2, 0.25) is 0 Å². The van der Waals surface area contributed by atoms with Crippen molar-refractivity contribution in [3.63, 3.8) is 0 Å². The number of pyridine rings is 2. The van der Waals surface area contributed by atoms with Crippen LogP contribution in [0.25, 0.3) is 17.1 Å². The lowest BCUT2D eigenvalue weighted by molar-refractivity contribution is -0.113. The highest BCUT2D eigenvalue weighted by Crippen LogP contribution is 2.29. The first-order valence-electron chi connectivity index (χ1n) is 9.91. The number of nitrogens with one attached hydrogen (secondary N) is 1. The Kier molecular flexibility index (Phi) is 6.27. The number of halogens is 1. The second-order valence-electron chi connectivity index (χ2n) is 7.22. The molecule has 158 valence electrons. The van der Waals surface area contributed by atoms with Gasteiger partial charge in [-0.05, 0) is 67.9 Å². The topological polar surface area (TPSA) is 76.5 Å². The largest absolute Gasteiger partial charge is 0.489 e. The fourth-order valence-electron chi connectivity index (χ4n) is 3.07. The molecule has 0 saturated heterocycles. The Morgan fingerprint density at radius 2 is 2.10 bits per heavy atom. The van der Waals surface area contributed by atoms with Crippen LogP contribution in [0.2, 0.25) is 0 Å². The molecular weight excluding hydrogens is 415 g/mol. The zero-order chi connectivity index (χ0) is 21.8. The van der Waals surface area contributed by atoms with Gasteiger partial charge in [0.1, 0.15) is 17.1 Å². The summed E-state index contributed by atoms with van der Waals surface area (Å²) in [6.07, 6.45) is 4.04. The van der Waals surface area contributed by atoms with E-state index in [-0.39, 0.29) is 17.8 Å². The molecule has 31 heavy (non-hydrogen) atoms. The number of carbonyl (C=O) groups excluding carboxylic acids is 1. The molecule has 0 atom stereocenters. The van der Waals surface area contributed by atoms with Gasteiger partial charge < -0.3 is 10.1 Å². The maximum atomic E-state index is 13.3. The van der Waals surface area contributed by atoms with Crippen LogP contribution in [0.5, 0.6) is 5.75 Å². The SMILES string of the molecule is CC(C)Oc1ccnc2ccc(C=C3SC(NCCc4cccc(F)c4)=NC3=O)nc12. The maximum Gasteiger partial charge on any atom is 0.286 e. The van der Waals surface area contributed by atoms with Crippen LogP contribution in [-0.4, -0.2) is 33.7 Å². The average Bonchev–Trinajstić information content (AvgIpc) is 3.07. The van der Waals surface area contributed by atoms with E-state index in [9.17, 15) is 9.18 Å². The Labute approximate surface area is 183 Å². The van der Waals surface area contributed by atoms with Crippen LogP contribution in [0, 0.1) is 5.82 Å². The lowest BCUT2D eigenvalue weighted by Crippen LogP contribution is -2.21. The van der Waals surface area contributed by atoms with Crippen molar-refractivity contribution in [3.8, 4) is 5.75 Å². The van der Waals surface area contributed by atoms with Crippen molar-refractivity contribution in [2.45, 2.75) is 26.4 Å². The Morgan fingerprint density at radius 3 is 2.90 bits per heavy atom. The molecule has 1 aliphatic rings. The van der Waals surface area contributed by atoms with E-state index < -0.39 is 0 Å². The standard InChI is InChI=1S/C23H21FN4O2S/c1-14(2)30-19-9-11-25-18-7-6-17(27-21(18)19)13-20-22(29)28-23(31-20)26-10-8-15-4-3-5-16(24)12-15/h3-7,9,11-14H,8,10H2,1-2H3,(H,26,28,29). The first kappa shape index (κ1) is 21.0. The fourth-order valence-corrected chi connectivity index (χ4v) is 3.90. The number of nitrogens with zero attached hydrogens (tertiary/aromatic N) is 3. The van der Waals surface area contributed by atoms with Crippen molar-refractivity contribution in [2.75, 3.05) is 6.54 Å². The highest BCUT2D eigenvalue weighted by Gasteiger charge is 2.22. The van der Waals surface area contributed by atoms with Crippen LogP contribution in [0.3, 0.4) is 0 Å². The van der Waals surface area contributed by atoms with E-state index in [0.29, 0.717) is 40.0 Å². The summed E-state index contributed by atoms with van der Waals surface area (Å²) < 4.78 is 19.1. The van der Waals surface area contributed by atoms with Gasteiger partial charge in [0.25, 0.3) is 5.91 Å². The maximum absolute atomic E-state index is 13.3. The molecular formula is C23H21FN4O2S. The summed E-state index contributed by atoms with van der Waals surface area (Å²) in [7, 11) is 0. The Hall–Kier alpha value is -3.26. The summed E-state index contributed by atoms with van der Waals surface area (Å²) in [6.45, 7) is 4.45. The number of rotatable bonds is 6. The van der Waals surface area contributed by atoms with Crippen LogP contribution in [-0.2, 0) is 11.2 Å². The lowest BCUT2D eigenvalue weighted by atomic mass is 10.1. The van der Waals surface area contributed by atoms with E-state index in [1.165, 1.54) is 23.9 Å². The first-order valence-corrected chi connectivity index (χ1v) is 10.7. The summed E-state index contributed by atoms with van der Waals surface area (Å²) in [5, 5.41) is 3.66. The molecule has 3 aromatic rings. The van der Waals surface area contributed by atoms with Gasteiger partial charge in [-0.1, -0.05) is 12.1 Å². The predicted molar refractivity (Wildman–Crippen MR) is 121 cm³/mol. The molecule has 3 heterocycles. The normalized spacial score (nSPS) is 15.0. The fraction of sp³-hybridized carbons (Fsp3) is 0.217. The van der Waals surface area contributed by atoms with Gasteiger partial charge in [-0.25, -0.2) is 9.37 Å². The molecule has 1 aliphatic heterocycles. The number of ether oxygens (including phenoxy) is 1. The zero-order valence-electron chi connectivity index (χ0n) is 17.1. The molecule has 0 spiro atoms. The molecule has 0 radical (unpaired) electrons. The lowest BCUT2D eigenvalue weighted by Gasteiger charge is -2.11. The first-order chi connectivity index (χ1) is 15.0. The van der Waals surface area contributed by atoms with Crippen molar-refractivity contribution in [1.82, 2.24) is 15.3 Å². The third kappa shape index (κ3) is 5.27. The minimum absolute atomic E-state index is 0.00999. The second-order valence-corrected chi connectivity index (χ2v) is 8.25. The number of hydrogen-bond donors (Lipinski definition) is 1. The highest BCUT2D eigenvalue weighted by atomic mass is 32.2. The molecule has 0 bridgehead atoms. The summed E-state index contributed by atoms with van der Waals surface area (Å²) in [5.41, 5.74) is 2.88. The van der Waals surface area contributed by atoms with Crippen LogP contribution in [0.4, 0.5) is 4.39 Å².